The van der Waals surface area contributed by atoms with Crippen LogP contribution in [-0.4, -0.2) is 55.4 Å². The van der Waals surface area contributed by atoms with Crippen LogP contribution in [0.1, 0.15) is 33.0 Å². The molecule has 0 saturated heterocycles. The third-order valence-electron chi connectivity index (χ3n) is 3.82. The van der Waals surface area contributed by atoms with Gasteiger partial charge in [-0.2, -0.15) is 0 Å². The van der Waals surface area contributed by atoms with Gasteiger partial charge in [-0.25, -0.2) is 4.98 Å². The van der Waals surface area contributed by atoms with Gasteiger partial charge in [0.1, 0.15) is 11.4 Å². The number of carbonyl (C=O) groups is 2. The standard InChI is InChI=1S/C20H26N4O2/c1-24(2)15-7-13-21-19(25)17-10-6-11-18(23-17)20(26)22-14-12-16-8-4-3-5-9-16/h3-6,8-11H,7,12-15H2,1-2H3,(H,21,25)(H,22,26). The molecule has 1 heterocycles. The summed E-state index contributed by atoms with van der Waals surface area (Å²) >= 11 is 0. The molecule has 2 amide bonds. The molecule has 1 aromatic heterocycles. The number of hydrogen-bond acceptors (Lipinski definition) is 4. The van der Waals surface area contributed by atoms with Gasteiger partial charge in [0.2, 0.25) is 0 Å². The monoisotopic (exact) mass is 354 g/mol. The highest BCUT2D eigenvalue weighted by Crippen LogP contribution is 2.02. The molecule has 0 bridgehead atoms. The number of carbonyl (C=O) groups excluding carboxylic acids is 2. The number of nitrogens with zero attached hydrogens (tertiary/aromatic N) is 2. The molecule has 26 heavy (non-hydrogen) atoms. The van der Waals surface area contributed by atoms with Crippen molar-refractivity contribution in [2.24, 2.45) is 0 Å². The maximum Gasteiger partial charge on any atom is 0.269 e. The number of benzene rings is 1. The molecule has 0 aliphatic rings. The third-order valence-corrected chi connectivity index (χ3v) is 3.82. The summed E-state index contributed by atoms with van der Waals surface area (Å²) < 4.78 is 0. The average Bonchev–Trinajstić information content (AvgIpc) is 2.66. The van der Waals surface area contributed by atoms with Crippen molar-refractivity contribution in [2.75, 3.05) is 33.7 Å². The number of pyridine rings is 1. The predicted molar refractivity (Wildman–Crippen MR) is 102 cm³/mol. The van der Waals surface area contributed by atoms with Gasteiger partial charge in [-0.3, -0.25) is 9.59 Å². The van der Waals surface area contributed by atoms with Crippen molar-refractivity contribution in [2.45, 2.75) is 12.8 Å². The smallest absolute Gasteiger partial charge is 0.269 e. The minimum atomic E-state index is -0.275. The van der Waals surface area contributed by atoms with Crippen LogP contribution in [0.25, 0.3) is 0 Å². The molecule has 2 N–H and O–H groups in total. The van der Waals surface area contributed by atoms with Crippen LogP contribution in [0.2, 0.25) is 0 Å². The Hall–Kier alpha value is -2.73. The highest BCUT2D eigenvalue weighted by atomic mass is 16.2. The SMILES string of the molecule is CN(C)CCCNC(=O)c1cccc(C(=O)NCCc2ccccc2)n1. The molecule has 0 fully saturated rings. The summed E-state index contributed by atoms with van der Waals surface area (Å²) in [6, 6.07) is 14.8. The molecule has 138 valence electrons. The van der Waals surface area contributed by atoms with Crippen molar-refractivity contribution in [3.05, 3.63) is 65.5 Å². The Balaban J connectivity index is 1.83. The van der Waals surface area contributed by atoms with Crippen molar-refractivity contribution < 1.29 is 9.59 Å². The minimum absolute atomic E-state index is 0.249. The first kappa shape index (κ1) is 19.6. The second kappa shape index (κ2) is 10.3. The zero-order chi connectivity index (χ0) is 18.8. The topological polar surface area (TPSA) is 74.3 Å². The number of amides is 2. The summed E-state index contributed by atoms with van der Waals surface area (Å²) in [6.45, 7) is 2.00. The van der Waals surface area contributed by atoms with E-state index in [4.69, 9.17) is 0 Å². The Bertz CT molecular complexity index is 717. The molecule has 0 radical (unpaired) electrons. The lowest BCUT2D eigenvalue weighted by Crippen LogP contribution is -2.30. The van der Waals surface area contributed by atoms with E-state index < -0.39 is 0 Å². The van der Waals surface area contributed by atoms with E-state index in [1.165, 1.54) is 0 Å². The zero-order valence-corrected chi connectivity index (χ0v) is 15.4. The number of aromatic nitrogens is 1. The van der Waals surface area contributed by atoms with Crippen LogP contribution in [0, 0.1) is 0 Å². The fraction of sp³-hybridized carbons (Fsp3) is 0.350. The van der Waals surface area contributed by atoms with E-state index in [9.17, 15) is 9.59 Å². The Labute approximate surface area is 154 Å². The summed E-state index contributed by atoms with van der Waals surface area (Å²) in [7, 11) is 3.98. The Morgan fingerprint density at radius 3 is 2.12 bits per heavy atom. The fourth-order valence-corrected chi connectivity index (χ4v) is 2.43. The molecule has 2 aromatic rings. The molecule has 0 spiro atoms. The summed E-state index contributed by atoms with van der Waals surface area (Å²) in [5.74, 6) is -0.536. The molecule has 0 aliphatic carbocycles. The number of hydrogen-bond donors (Lipinski definition) is 2. The molecule has 6 heteroatoms. The lowest BCUT2D eigenvalue weighted by Gasteiger charge is -2.10. The summed E-state index contributed by atoms with van der Waals surface area (Å²) in [6.07, 6.45) is 1.61. The number of rotatable bonds is 9. The van der Waals surface area contributed by atoms with Gasteiger partial charge >= 0.3 is 0 Å². The molecular formula is C20H26N4O2. The molecule has 2 rings (SSSR count). The Morgan fingerprint density at radius 1 is 0.885 bits per heavy atom. The summed E-state index contributed by atoms with van der Waals surface area (Å²) in [4.78, 5) is 30.6. The van der Waals surface area contributed by atoms with Crippen LogP contribution in [0.15, 0.2) is 48.5 Å². The van der Waals surface area contributed by atoms with Crippen molar-refractivity contribution in [3.8, 4) is 0 Å². The zero-order valence-electron chi connectivity index (χ0n) is 15.4. The Morgan fingerprint density at radius 2 is 1.50 bits per heavy atom. The third kappa shape index (κ3) is 6.64. The quantitative estimate of drug-likeness (QED) is 0.673. The normalized spacial score (nSPS) is 10.6. The second-order valence-electron chi connectivity index (χ2n) is 6.31. The molecule has 0 atom stereocenters. The van der Waals surface area contributed by atoms with Gasteiger partial charge in [0.05, 0.1) is 0 Å². The highest BCUT2D eigenvalue weighted by Gasteiger charge is 2.11. The van der Waals surface area contributed by atoms with Gasteiger partial charge in [-0.05, 0) is 51.2 Å². The summed E-state index contributed by atoms with van der Waals surface area (Å²) in [5.41, 5.74) is 1.66. The van der Waals surface area contributed by atoms with Crippen molar-refractivity contribution in [3.63, 3.8) is 0 Å². The van der Waals surface area contributed by atoms with Gasteiger partial charge in [-0.15, -0.1) is 0 Å². The second-order valence-corrected chi connectivity index (χ2v) is 6.31. The predicted octanol–water partition coefficient (Wildman–Crippen LogP) is 1.74. The molecule has 0 aliphatic heterocycles. The van der Waals surface area contributed by atoms with E-state index in [1.54, 1.807) is 18.2 Å². The highest BCUT2D eigenvalue weighted by molar-refractivity contribution is 5.96. The van der Waals surface area contributed by atoms with Crippen molar-refractivity contribution in [1.82, 2.24) is 20.5 Å². The molecule has 6 nitrogen and oxygen atoms in total. The van der Waals surface area contributed by atoms with E-state index in [0.29, 0.717) is 13.1 Å². The van der Waals surface area contributed by atoms with Crippen LogP contribution >= 0.6 is 0 Å². The van der Waals surface area contributed by atoms with Gasteiger partial charge in [0.25, 0.3) is 11.8 Å². The molecular weight excluding hydrogens is 328 g/mol. The largest absolute Gasteiger partial charge is 0.351 e. The van der Waals surface area contributed by atoms with E-state index in [2.05, 4.69) is 20.5 Å². The Kier molecular flexibility index (Phi) is 7.76. The van der Waals surface area contributed by atoms with E-state index in [-0.39, 0.29) is 23.2 Å². The lowest BCUT2D eigenvalue weighted by molar-refractivity contribution is 0.0944. The van der Waals surface area contributed by atoms with Crippen LogP contribution in [0.3, 0.4) is 0 Å². The van der Waals surface area contributed by atoms with E-state index in [1.807, 2.05) is 44.4 Å². The van der Waals surface area contributed by atoms with Gasteiger partial charge < -0.3 is 15.5 Å². The van der Waals surface area contributed by atoms with Crippen LogP contribution in [-0.2, 0) is 6.42 Å². The average molecular weight is 354 g/mol. The van der Waals surface area contributed by atoms with Crippen LogP contribution in [0.4, 0.5) is 0 Å². The van der Waals surface area contributed by atoms with Crippen molar-refractivity contribution >= 4 is 11.8 Å². The van der Waals surface area contributed by atoms with Gasteiger partial charge in [-0.1, -0.05) is 36.4 Å². The fourth-order valence-electron chi connectivity index (χ4n) is 2.43. The van der Waals surface area contributed by atoms with Crippen LogP contribution < -0.4 is 10.6 Å². The van der Waals surface area contributed by atoms with Gasteiger partial charge in [0, 0.05) is 13.1 Å². The number of nitrogens with one attached hydrogen (secondary N) is 2. The van der Waals surface area contributed by atoms with Crippen LogP contribution in [0.5, 0.6) is 0 Å². The van der Waals surface area contributed by atoms with Crippen molar-refractivity contribution in [1.29, 1.82) is 0 Å². The maximum atomic E-state index is 12.2. The first-order chi connectivity index (χ1) is 12.6. The summed E-state index contributed by atoms with van der Waals surface area (Å²) in [5, 5.41) is 5.67. The first-order valence-electron chi connectivity index (χ1n) is 8.78. The molecule has 1 aromatic carbocycles. The maximum absolute atomic E-state index is 12.2. The molecule has 0 unspecified atom stereocenters. The lowest BCUT2D eigenvalue weighted by atomic mass is 10.1. The minimum Gasteiger partial charge on any atom is -0.351 e. The van der Waals surface area contributed by atoms with Gasteiger partial charge in [0.15, 0.2) is 0 Å². The van der Waals surface area contributed by atoms with E-state index in [0.717, 1.165) is 24.9 Å². The van der Waals surface area contributed by atoms with E-state index >= 15 is 0 Å². The molecule has 0 saturated carbocycles. The first-order valence-corrected chi connectivity index (χ1v) is 8.78.